The molecule has 0 aliphatic heterocycles. The smallest absolute Gasteiger partial charge is 0.462 e. The largest absolute Gasteiger partial charge is 0.472 e. The number of ether oxygens (including phenoxy) is 2. The van der Waals surface area contributed by atoms with Crippen LogP contribution in [0.15, 0.2) is 60.8 Å². The summed E-state index contributed by atoms with van der Waals surface area (Å²) in [7, 11) is 1.45. The molecule has 0 fully saturated rings. The summed E-state index contributed by atoms with van der Waals surface area (Å²) >= 11 is 0. The Balaban J connectivity index is 4.40. The molecule has 9 nitrogen and oxygen atoms in total. The van der Waals surface area contributed by atoms with Gasteiger partial charge in [-0.3, -0.25) is 18.6 Å². The van der Waals surface area contributed by atoms with Gasteiger partial charge in [0, 0.05) is 12.8 Å². The monoisotopic (exact) mass is 809 g/mol. The van der Waals surface area contributed by atoms with Crippen molar-refractivity contribution in [2.24, 2.45) is 0 Å². The van der Waals surface area contributed by atoms with Crippen LogP contribution in [0.2, 0.25) is 0 Å². The molecule has 0 rings (SSSR count). The highest BCUT2D eigenvalue weighted by molar-refractivity contribution is 7.47. The molecule has 0 aliphatic carbocycles. The molecule has 56 heavy (non-hydrogen) atoms. The number of nitrogens with zero attached hydrogens (tertiary/aromatic N) is 1. The van der Waals surface area contributed by atoms with E-state index in [1.54, 1.807) is 0 Å². The van der Waals surface area contributed by atoms with Crippen LogP contribution in [0.5, 0.6) is 0 Å². The third-order valence-corrected chi connectivity index (χ3v) is 10.1. The molecule has 0 aromatic rings. The van der Waals surface area contributed by atoms with Crippen LogP contribution >= 0.6 is 7.82 Å². The lowest BCUT2D eigenvalue weighted by Crippen LogP contribution is -2.37. The molecule has 324 valence electrons. The Morgan fingerprint density at radius 3 is 1.57 bits per heavy atom. The number of phosphoric acid groups is 1. The molecule has 0 aliphatic rings. The molecule has 0 aromatic carbocycles. The van der Waals surface area contributed by atoms with Crippen LogP contribution in [0.25, 0.3) is 0 Å². The van der Waals surface area contributed by atoms with E-state index < -0.39 is 32.5 Å². The van der Waals surface area contributed by atoms with Gasteiger partial charge in [-0.05, 0) is 57.8 Å². The lowest BCUT2D eigenvalue weighted by Gasteiger charge is -2.24. The molecular weight excluding hydrogens is 725 g/mol. The van der Waals surface area contributed by atoms with Crippen LogP contribution in [0, 0.1) is 0 Å². The van der Waals surface area contributed by atoms with Gasteiger partial charge in [0.1, 0.15) is 19.8 Å². The zero-order chi connectivity index (χ0) is 41.4. The Labute approximate surface area is 343 Å². The molecule has 0 saturated heterocycles. The molecule has 1 N–H and O–H groups in total. The molecule has 10 heteroatoms. The molecule has 0 saturated carbocycles. The summed E-state index contributed by atoms with van der Waals surface area (Å²) in [5.74, 6) is -0.831. The average Bonchev–Trinajstić information content (AvgIpc) is 3.15. The maximum atomic E-state index is 12.7. The Hall–Kier alpha value is -2.29. The number of allylic oxidation sites excluding steroid dienone is 10. The van der Waals surface area contributed by atoms with E-state index in [9.17, 15) is 19.0 Å². The van der Waals surface area contributed by atoms with E-state index in [2.05, 4.69) is 44.2 Å². The van der Waals surface area contributed by atoms with E-state index in [1.165, 1.54) is 70.6 Å². The Morgan fingerprint density at radius 1 is 0.571 bits per heavy atom. The summed E-state index contributed by atoms with van der Waals surface area (Å²) in [6.45, 7) is 4.23. The molecule has 0 radical (unpaired) electrons. The summed E-state index contributed by atoms with van der Waals surface area (Å²) in [4.78, 5) is 35.4. The molecule has 0 spiro atoms. The number of rotatable bonds is 39. The summed E-state index contributed by atoms with van der Waals surface area (Å²) in [5, 5.41) is 0. The number of phosphoric ester groups is 1. The predicted molar refractivity (Wildman–Crippen MR) is 233 cm³/mol. The minimum atomic E-state index is -4.38. The van der Waals surface area contributed by atoms with Gasteiger partial charge in [-0.15, -0.1) is 0 Å². The van der Waals surface area contributed by atoms with Gasteiger partial charge in [-0.2, -0.15) is 0 Å². The first-order chi connectivity index (χ1) is 27.0. The van der Waals surface area contributed by atoms with Crippen LogP contribution in [0.4, 0.5) is 0 Å². The second-order valence-electron chi connectivity index (χ2n) is 15.8. The third-order valence-electron chi connectivity index (χ3n) is 9.13. The number of carbonyl (C=O) groups excluding carboxylic acids is 2. The van der Waals surface area contributed by atoms with Crippen LogP contribution < -0.4 is 0 Å². The quantitative estimate of drug-likeness (QED) is 0.0163. The van der Waals surface area contributed by atoms with Crippen molar-refractivity contribution in [3.8, 4) is 0 Å². The molecule has 1 unspecified atom stereocenters. The van der Waals surface area contributed by atoms with Gasteiger partial charge >= 0.3 is 19.8 Å². The Kier molecular flexibility index (Phi) is 36.7. The first kappa shape index (κ1) is 53.7. The second kappa shape index (κ2) is 38.2. The highest BCUT2D eigenvalue weighted by atomic mass is 31.2. The highest BCUT2D eigenvalue weighted by Crippen LogP contribution is 2.43. The van der Waals surface area contributed by atoms with E-state index in [0.29, 0.717) is 23.9 Å². The van der Waals surface area contributed by atoms with Gasteiger partial charge in [0.2, 0.25) is 0 Å². The minimum absolute atomic E-state index is 0.0247. The topological polar surface area (TPSA) is 108 Å². The van der Waals surface area contributed by atoms with Gasteiger partial charge in [-0.25, -0.2) is 4.57 Å². The van der Waals surface area contributed by atoms with Gasteiger partial charge in [0.05, 0.1) is 27.7 Å². The third kappa shape index (κ3) is 41.3. The minimum Gasteiger partial charge on any atom is -0.462 e. The van der Waals surface area contributed by atoms with Gasteiger partial charge in [-0.1, -0.05) is 158 Å². The average molecular weight is 809 g/mol. The standard InChI is InChI=1S/C46H82NO8P/c1-6-8-10-12-14-16-18-20-22-23-25-27-29-31-33-35-37-39-46(49)55-44(43-54-56(50,51)53-41-40-47(3,4)5)42-52-45(48)38-36-34-32-30-28-26-24-21-19-17-15-13-11-9-7-2/h9,11,13,15-19,21,24,44H,6-8,10,12,14,20,22-23,25-43H2,1-5H3/p+1/b11-9+,15-13+,18-16+,19-17+,24-21+/t44-/m1/s1. The van der Waals surface area contributed by atoms with E-state index in [-0.39, 0.29) is 26.1 Å². The highest BCUT2D eigenvalue weighted by Gasteiger charge is 2.27. The Morgan fingerprint density at radius 2 is 1.04 bits per heavy atom. The van der Waals surface area contributed by atoms with E-state index in [4.69, 9.17) is 18.5 Å². The van der Waals surface area contributed by atoms with Gasteiger partial charge < -0.3 is 18.9 Å². The van der Waals surface area contributed by atoms with Crippen LogP contribution in [0.1, 0.15) is 168 Å². The van der Waals surface area contributed by atoms with Crippen molar-refractivity contribution < 1.29 is 42.1 Å². The SMILES string of the molecule is CC/C=C/C=C/C=C/C=C/CCCCCCCC(=O)OC[C@H](COP(=O)(O)OCC[N+](C)(C)C)OC(=O)CCCCCCCCCCC/C=C/CCCCCC. The lowest BCUT2D eigenvalue weighted by atomic mass is 10.1. The maximum absolute atomic E-state index is 12.7. The molecule has 0 bridgehead atoms. The molecule has 0 heterocycles. The van der Waals surface area contributed by atoms with Crippen molar-refractivity contribution in [2.75, 3.05) is 47.5 Å². The number of unbranched alkanes of at least 4 members (excludes halogenated alkanes) is 18. The Bertz CT molecular complexity index is 1140. The number of hydrogen-bond acceptors (Lipinski definition) is 7. The predicted octanol–water partition coefficient (Wildman–Crippen LogP) is 12.5. The number of likely N-dealkylation sites (N-methyl/N-ethyl adjacent to an activating group) is 1. The fourth-order valence-electron chi connectivity index (χ4n) is 5.67. The van der Waals surface area contributed by atoms with Crippen molar-refractivity contribution in [3.63, 3.8) is 0 Å². The zero-order valence-electron chi connectivity index (χ0n) is 36.3. The fraction of sp³-hybridized carbons (Fsp3) is 0.739. The van der Waals surface area contributed by atoms with Crippen molar-refractivity contribution in [1.29, 1.82) is 0 Å². The zero-order valence-corrected chi connectivity index (χ0v) is 37.2. The van der Waals surface area contributed by atoms with E-state index in [0.717, 1.165) is 57.8 Å². The summed E-state index contributed by atoms with van der Waals surface area (Å²) in [5.41, 5.74) is 0. The summed E-state index contributed by atoms with van der Waals surface area (Å²) < 4.78 is 34.3. The normalized spacial score (nSPS) is 14.2. The summed E-state index contributed by atoms with van der Waals surface area (Å²) in [6, 6.07) is 0. The number of esters is 2. The molecule has 2 atom stereocenters. The number of carbonyl (C=O) groups is 2. The van der Waals surface area contributed by atoms with E-state index in [1.807, 2.05) is 51.5 Å². The van der Waals surface area contributed by atoms with Crippen molar-refractivity contribution in [1.82, 2.24) is 0 Å². The first-order valence-electron chi connectivity index (χ1n) is 22.1. The first-order valence-corrected chi connectivity index (χ1v) is 23.6. The van der Waals surface area contributed by atoms with Gasteiger partial charge in [0.15, 0.2) is 6.10 Å². The van der Waals surface area contributed by atoms with Crippen LogP contribution in [-0.2, 0) is 32.7 Å². The molecule has 0 amide bonds. The van der Waals surface area contributed by atoms with Crippen molar-refractivity contribution in [3.05, 3.63) is 60.8 Å². The summed E-state index contributed by atoms with van der Waals surface area (Å²) in [6.07, 6.45) is 45.5. The number of hydrogen-bond donors (Lipinski definition) is 1. The van der Waals surface area contributed by atoms with Crippen molar-refractivity contribution >= 4 is 19.8 Å². The maximum Gasteiger partial charge on any atom is 0.472 e. The van der Waals surface area contributed by atoms with Crippen LogP contribution in [0.3, 0.4) is 0 Å². The van der Waals surface area contributed by atoms with Gasteiger partial charge in [0.25, 0.3) is 0 Å². The molecule has 0 aromatic heterocycles. The van der Waals surface area contributed by atoms with Crippen LogP contribution in [-0.4, -0.2) is 74.9 Å². The number of quaternary nitrogens is 1. The van der Waals surface area contributed by atoms with E-state index >= 15 is 0 Å². The second-order valence-corrected chi connectivity index (χ2v) is 17.2. The lowest BCUT2D eigenvalue weighted by molar-refractivity contribution is -0.870. The molecular formula is C46H83NO8P+. The fourth-order valence-corrected chi connectivity index (χ4v) is 6.41. The van der Waals surface area contributed by atoms with Crippen molar-refractivity contribution in [2.45, 2.75) is 174 Å².